The van der Waals surface area contributed by atoms with Crippen LogP contribution in [-0.2, 0) is 18.0 Å². The zero-order valence-corrected chi connectivity index (χ0v) is 19.3. The fraction of sp³-hybridized carbons (Fsp3) is 0.154. The number of nitrogens with zero attached hydrogens (tertiary/aromatic N) is 1. The van der Waals surface area contributed by atoms with Gasteiger partial charge in [-0.3, -0.25) is 9.69 Å². The number of rotatable bonds is 8. The minimum atomic E-state index is -0.0649. The van der Waals surface area contributed by atoms with E-state index in [1.54, 1.807) is 4.90 Å². The number of hydrogen-bond acceptors (Lipinski definition) is 5. The van der Waals surface area contributed by atoms with E-state index in [1.807, 2.05) is 91.9 Å². The highest BCUT2D eigenvalue weighted by Crippen LogP contribution is 2.34. The molecule has 0 saturated carbocycles. The van der Waals surface area contributed by atoms with Gasteiger partial charge in [0.1, 0.15) is 29.0 Å². The summed E-state index contributed by atoms with van der Waals surface area (Å²) in [5.41, 5.74) is 2.98. The summed E-state index contributed by atoms with van der Waals surface area (Å²) in [6, 6.07) is 25.7. The molecule has 1 saturated heterocycles. The zero-order valence-electron chi connectivity index (χ0n) is 17.7. The molecule has 3 aromatic carbocycles. The Bertz CT molecular complexity index is 1070. The molecule has 1 fully saturated rings. The van der Waals surface area contributed by atoms with Crippen LogP contribution < -0.4 is 9.47 Å². The van der Waals surface area contributed by atoms with Crippen molar-refractivity contribution in [2.24, 2.45) is 0 Å². The second-order valence-corrected chi connectivity index (χ2v) is 8.89. The summed E-state index contributed by atoms with van der Waals surface area (Å²) in [5.74, 6) is 1.29. The van der Waals surface area contributed by atoms with Gasteiger partial charge in [-0.15, -0.1) is 0 Å². The molecule has 4 rings (SSSR count). The van der Waals surface area contributed by atoms with Gasteiger partial charge in [0.05, 0.1) is 4.91 Å². The second-order valence-electron chi connectivity index (χ2n) is 7.21. The highest BCUT2D eigenvalue weighted by molar-refractivity contribution is 8.26. The minimum Gasteiger partial charge on any atom is -0.489 e. The van der Waals surface area contributed by atoms with E-state index in [2.05, 4.69) is 0 Å². The maximum atomic E-state index is 12.6. The molecule has 1 aliphatic rings. The van der Waals surface area contributed by atoms with Crippen LogP contribution in [-0.4, -0.2) is 21.7 Å². The molecule has 0 radical (unpaired) electrons. The molecule has 1 amide bonds. The summed E-state index contributed by atoms with van der Waals surface area (Å²) >= 11 is 6.65. The predicted molar refractivity (Wildman–Crippen MR) is 134 cm³/mol. The molecule has 162 valence electrons. The quantitative estimate of drug-likeness (QED) is 0.301. The van der Waals surface area contributed by atoms with Crippen molar-refractivity contribution in [2.75, 3.05) is 6.54 Å². The third kappa shape index (κ3) is 5.58. The average Bonchev–Trinajstić information content (AvgIpc) is 3.09. The van der Waals surface area contributed by atoms with Crippen molar-refractivity contribution in [1.29, 1.82) is 0 Å². The Morgan fingerprint density at radius 3 is 1.88 bits per heavy atom. The van der Waals surface area contributed by atoms with Crippen molar-refractivity contribution < 1.29 is 14.3 Å². The molecule has 0 unspecified atom stereocenters. The highest BCUT2D eigenvalue weighted by atomic mass is 32.2. The molecule has 0 spiro atoms. The number of hydrogen-bond donors (Lipinski definition) is 0. The van der Waals surface area contributed by atoms with Gasteiger partial charge >= 0.3 is 0 Å². The molecule has 0 aliphatic carbocycles. The summed E-state index contributed by atoms with van der Waals surface area (Å²) in [4.78, 5) is 14.8. The van der Waals surface area contributed by atoms with E-state index in [0.29, 0.717) is 40.5 Å². The Hall–Kier alpha value is -3.09. The Balaban J connectivity index is 1.58. The number of carbonyl (C=O) groups excluding carboxylic acids is 1. The first kappa shape index (κ1) is 22.1. The zero-order chi connectivity index (χ0) is 22.3. The summed E-state index contributed by atoms with van der Waals surface area (Å²) in [6.45, 7) is 3.37. The SMILES string of the molecule is CCN1C(=O)C(=Cc2cc(OCc3ccccc3)cc(OCc3ccccc3)c2)SC1=S. The summed E-state index contributed by atoms with van der Waals surface area (Å²) in [5, 5.41) is 0. The molecule has 32 heavy (non-hydrogen) atoms. The summed E-state index contributed by atoms with van der Waals surface area (Å²) in [7, 11) is 0. The van der Waals surface area contributed by atoms with Crippen LogP contribution in [0.2, 0.25) is 0 Å². The van der Waals surface area contributed by atoms with Crippen molar-refractivity contribution in [1.82, 2.24) is 4.90 Å². The smallest absolute Gasteiger partial charge is 0.266 e. The Kier molecular flexibility index (Phi) is 7.24. The topological polar surface area (TPSA) is 38.8 Å². The van der Waals surface area contributed by atoms with Crippen LogP contribution in [0.3, 0.4) is 0 Å². The van der Waals surface area contributed by atoms with Crippen LogP contribution in [0.15, 0.2) is 83.8 Å². The Morgan fingerprint density at radius 1 is 0.875 bits per heavy atom. The lowest BCUT2D eigenvalue weighted by Gasteiger charge is -2.12. The molecule has 3 aromatic rings. The number of likely N-dealkylation sites (N-methyl/N-ethyl adjacent to an activating group) is 1. The van der Waals surface area contributed by atoms with Crippen molar-refractivity contribution in [3.8, 4) is 11.5 Å². The molecule has 1 aliphatic heterocycles. The van der Waals surface area contributed by atoms with Crippen LogP contribution in [0.1, 0.15) is 23.6 Å². The van der Waals surface area contributed by atoms with E-state index in [4.69, 9.17) is 21.7 Å². The standard InChI is InChI=1S/C26H23NO3S2/c1-2-27-25(28)24(32-26(27)31)15-21-13-22(29-17-19-9-5-3-6-10-19)16-23(14-21)30-18-20-11-7-4-8-12-20/h3-16H,2,17-18H2,1H3. The van der Waals surface area contributed by atoms with Crippen molar-refractivity contribution >= 4 is 40.3 Å². The fourth-order valence-corrected chi connectivity index (χ4v) is 4.63. The van der Waals surface area contributed by atoms with Gasteiger partial charge in [0.2, 0.25) is 0 Å². The van der Waals surface area contributed by atoms with E-state index in [0.717, 1.165) is 16.7 Å². The van der Waals surface area contributed by atoms with Gasteiger partial charge in [-0.2, -0.15) is 0 Å². The van der Waals surface area contributed by atoms with E-state index in [9.17, 15) is 4.79 Å². The lowest BCUT2D eigenvalue weighted by atomic mass is 10.1. The molecular formula is C26H23NO3S2. The number of amides is 1. The van der Waals surface area contributed by atoms with Gasteiger partial charge in [-0.25, -0.2) is 0 Å². The number of ether oxygens (including phenoxy) is 2. The van der Waals surface area contributed by atoms with Gasteiger partial charge in [0.25, 0.3) is 5.91 Å². The van der Waals surface area contributed by atoms with Crippen LogP contribution >= 0.6 is 24.0 Å². The van der Waals surface area contributed by atoms with E-state index >= 15 is 0 Å². The molecule has 4 nitrogen and oxygen atoms in total. The minimum absolute atomic E-state index is 0.0649. The third-order valence-corrected chi connectivity index (χ3v) is 6.26. The van der Waals surface area contributed by atoms with Crippen molar-refractivity contribution in [3.05, 3.63) is 100 Å². The lowest BCUT2D eigenvalue weighted by molar-refractivity contribution is -0.121. The van der Waals surface area contributed by atoms with Crippen LogP contribution in [0, 0.1) is 0 Å². The van der Waals surface area contributed by atoms with Crippen LogP contribution in [0.4, 0.5) is 0 Å². The normalized spacial score (nSPS) is 14.8. The number of thioether (sulfide) groups is 1. The molecule has 0 N–H and O–H groups in total. The largest absolute Gasteiger partial charge is 0.489 e. The van der Waals surface area contributed by atoms with Crippen molar-refractivity contribution in [3.63, 3.8) is 0 Å². The lowest BCUT2D eigenvalue weighted by Crippen LogP contribution is -2.27. The first-order valence-corrected chi connectivity index (χ1v) is 11.6. The van der Waals surface area contributed by atoms with Crippen LogP contribution in [0.5, 0.6) is 11.5 Å². The van der Waals surface area contributed by atoms with Gasteiger partial charge in [0, 0.05) is 12.6 Å². The number of carbonyl (C=O) groups is 1. The van der Waals surface area contributed by atoms with E-state index in [-0.39, 0.29) is 5.91 Å². The summed E-state index contributed by atoms with van der Waals surface area (Å²) < 4.78 is 12.7. The Morgan fingerprint density at radius 2 is 1.41 bits per heavy atom. The number of benzene rings is 3. The molecule has 1 heterocycles. The molecular weight excluding hydrogens is 438 g/mol. The average molecular weight is 462 g/mol. The molecule has 6 heteroatoms. The second kappa shape index (κ2) is 10.5. The summed E-state index contributed by atoms with van der Waals surface area (Å²) in [6.07, 6.45) is 1.85. The molecule has 0 atom stereocenters. The van der Waals surface area contributed by atoms with E-state index in [1.165, 1.54) is 11.8 Å². The maximum absolute atomic E-state index is 12.6. The fourth-order valence-electron chi connectivity index (χ4n) is 3.25. The van der Waals surface area contributed by atoms with Gasteiger partial charge < -0.3 is 9.47 Å². The predicted octanol–water partition coefficient (Wildman–Crippen LogP) is 6.07. The highest BCUT2D eigenvalue weighted by Gasteiger charge is 2.30. The molecule has 0 bridgehead atoms. The van der Waals surface area contributed by atoms with Gasteiger partial charge in [-0.05, 0) is 41.8 Å². The van der Waals surface area contributed by atoms with Crippen molar-refractivity contribution in [2.45, 2.75) is 20.1 Å². The third-order valence-electron chi connectivity index (χ3n) is 4.89. The first-order chi connectivity index (χ1) is 15.6. The monoisotopic (exact) mass is 461 g/mol. The van der Waals surface area contributed by atoms with Crippen LogP contribution in [0.25, 0.3) is 6.08 Å². The van der Waals surface area contributed by atoms with E-state index < -0.39 is 0 Å². The van der Waals surface area contributed by atoms with Gasteiger partial charge in [-0.1, -0.05) is 84.6 Å². The Labute approximate surface area is 197 Å². The first-order valence-electron chi connectivity index (χ1n) is 10.4. The molecule has 0 aromatic heterocycles. The van der Waals surface area contributed by atoms with Gasteiger partial charge in [0.15, 0.2) is 0 Å². The maximum Gasteiger partial charge on any atom is 0.266 e. The number of thiocarbonyl (C=S) groups is 1.